The Bertz CT molecular complexity index is 758. The summed E-state index contributed by atoms with van der Waals surface area (Å²) in [5.74, 6) is -1.10. The molecule has 1 aromatic rings. The molecule has 0 radical (unpaired) electrons. The second-order valence-corrected chi connectivity index (χ2v) is 7.20. The molecule has 4 unspecified atom stereocenters. The molecule has 124 valence electrons. The van der Waals surface area contributed by atoms with Gasteiger partial charge in [-0.3, -0.25) is 19.3 Å². The zero-order valence-corrected chi connectivity index (χ0v) is 13.9. The second kappa shape index (κ2) is 5.45. The summed E-state index contributed by atoms with van der Waals surface area (Å²) in [4.78, 5) is 38.5. The number of fused-ring (bicyclic) bond motifs is 5. The van der Waals surface area contributed by atoms with Crippen molar-refractivity contribution < 1.29 is 14.4 Å². The van der Waals surface area contributed by atoms with Crippen molar-refractivity contribution in [3.8, 4) is 0 Å². The number of anilines is 1. The van der Waals surface area contributed by atoms with E-state index >= 15 is 0 Å². The van der Waals surface area contributed by atoms with Crippen molar-refractivity contribution in [2.24, 2.45) is 23.7 Å². The number of carbonyl (C=O) groups is 3. The smallest absolute Gasteiger partial charge is 0.244 e. The summed E-state index contributed by atoms with van der Waals surface area (Å²) in [6, 6.07) is 5.29. The minimum Gasteiger partial charge on any atom is -0.323 e. The predicted molar refractivity (Wildman–Crippen MR) is 89.3 cm³/mol. The number of allylic oxidation sites excluding steroid dienone is 2. The number of carbonyl (C=O) groups excluding carboxylic acids is 3. The average molecular weight is 345 g/mol. The third-order valence-electron chi connectivity index (χ3n) is 5.26. The van der Waals surface area contributed by atoms with E-state index in [1.165, 1.54) is 0 Å². The summed E-state index contributed by atoms with van der Waals surface area (Å²) < 4.78 is 0. The van der Waals surface area contributed by atoms with Crippen LogP contribution in [-0.2, 0) is 14.4 Å². The second-order valence-electron chi connectivity index (χ2n) is 6.79. The van der Waals surface area contributed by atoms with Gasteiger partial charge in [-0.2, -0.15) is 0 Å². The number of likely N-dealkylation sites (tertiary alicyclic amines) is 1. The van der Waals surface area contributed by atoms with E-state index in [9.17, 15) is 14.4 Å². The molecule has 2 aliphatic carbocycles. The molecule has 0 aromatic heterocycles. The summed E-state index contributed by atoms with van der Waals surface area (Å²) in [7, 11) is 0. The van der Waals surface area contributed by atoms with Crippen molar-refractivity contribution in [1.29, 1.82) is 0 Å². The topological polar surface area (TPSA) is 66.5 Å². The van der Waals surface area contributed by atoms with Gasteiger partial charge in [0.15, 0.2) is 0 Å². The molecule has 1 N–H and O–H groups in total. The molecule has 5 nitrogen and oxygen atoms in total. The Hall–Kier alpha value is -2.14. The summed E-state index contributed by atoms with van der Waals surface area (Å²) in [5, 5.41) is 3.11. The molecule has 3 aliphatic rings. The number of rotatable bonds is 3. The normalized spacial score (nSPS) is 30.2. The number of benzene rings is 1. The highest BCUT2D eigenvalue weighted by molar-refractivity contribution is 6.33. The van der Waals surface area contributed by atoms with Gasteiger partial charge in [-0.25, -0.2) is 0 Å². The Morgan fingerprint density at radius 2 is 1.83 bits per heavy atom. The highest BCUT2D eigenvalue weighted by Gasteiger charge is 2.59. The standard InChI is InChI=1S/C18H17ClN2O3/c1-9-2-5-13(12(19)6-9)20-14(22)8-21-17(23)15-10-3-4-11(7-10)16(15)18(21)24/h2-6,10-11,15-16H,7-8H2,1H3,(H,20,22). The number of aryl methyl sites for hydroxylation is 1. The van der Waals surface area contributed by atoms with E-state index in [1.54, 1.807) is 12.1 Å². The number of nitrogens with zero attached hydrogens (tertiary/aromatic N) is 1. The van der Waals surface area contributed by atoms with Crippen LogP contribution in [0.15, 0.2) is 30.4 Å². The van der Waals surface area contributed by atoms with Gasteiger partial charge in [-0.05, 0) is 42.9 Å². The molecule has 0 spiro atoms. The molecule has 4 atom stereocenters. The van der Waals surface area contributed by atoms with E-state index in [0.29, 0.717) is 10.7 Å². The first-order chi connectivity index (χ1) is 11.5. The zero-order valence-electron chi connectivity index (χ0n) is 13.2. The minimum atomic E-state index is -0.414. The van der Waals surface area contributed by atoms with Gasteiger partial charge in [0.2, 0.25) is 17.7 Å². The van der Waals surface area contributed by atoms with E-state index in [-0.39, 0.29) is 42.0 Å². The quantitative estimate of drug-likeness (QED) is 0.676. The molecule has 2 fully saturated rings. The van der Waals surface area contributed by atoms with Crippen molar-refractivity contribution in [3.05, 3.63) is 40.9 Å². The molecule has 1 saturated heterocycles. The van der Waals surface area contributed by atoms with Crippen molar-refractivity contribution in [3.63, 3.8) is 0 Å². The molecule has 1 aromatic carbocycles. The van der Waals surface area contributed by atoms with Crippen LogP contribution < -0.4 is 5.32 Å². The van der Waals surface area contributed by atoms with Crippen LogP contribution in [0.4, 0.5) is 5.69 Å². The lowest BCUT2D eigenvalue weighted by Gasteiger charge is -2.17. The SMILES string of the molecule is Cc1ccc(NC(=O)CN2C(=O)C3C4C=CC(C4)C3C2=O)c(Cl)c1. The number of hydrogen-bond donors (Lipinski definition) is 1. The van der Waals surface area contributed by atoms with Gasteiger partial charge in [0.25, 0.3) is 0 Å². The molecule has 1 aliphatic heterocycles. The fraction of sp³-hybridized carbons (Fsp3) is 0.389. The number of imide groups is 1. The summed E-state index contributed by atoms with van der Waals surface area (Å²) >= 11 is 6.10. The summed E-state index contributed by atoms with van der Waals surface area (Å²) in [6.07, 6.45) is 4.95. The molecule has 3 amide bonds. The molecule has 1 heterocycles. The molecular formula is C18H17ClN2O3. The fourth-order valence-electron chi connectivity index (χ4n) is 4.17. The van der Waals surface area contributed by atoms with Gasteiger partial charge in [-0.15, -0.1) is 0 Å². The van der Waals surface area contributed by atoms with Crippen molar-refractivity contribution in [2.45, 2.75) is 13.3 Å². The van der Waals surface area contributed by atoms with Crippen LogP contribution in [0.1, 0.15) is 12.0 Å². The van der Waals surface area contributed by atoms with E-state index in [4.69, 9.17) is 11.6 Å². The fourth-order valence-corrected chi connectivity index (χ4v) is 4.46. The van der Waals surface area contributed by atoms with Crippen LogP contribution in [-0.4, -0.2) is 29.2 Å². The maximum atomic E-state index is 12.6. The van der Waals surface area contributed by atoms with E-state index in [2.05, 4.69) is 5.32 Å². The van der Waals surface area contributed by atoms with Gasteiger partial charge in [0.05, 0.1) is 22.5 Å². The maximum Gasteiger partial charge on any atom is 0.244 e. The third kappa shape index (κ3) is 2.26. The third-order valence-corrected chi connectivity index (χ3v) is 5.57. The molecule has 6 heteroatoms. The van der Waals surface area contributed by atoms with Crippen LogP contribution in [0.2, 0.25) is 5.02 Å². The van der Waals surface area contributed by atoms with Gasteiger partial charge in [0, 0.05) is 0 Å². The lowest BCUT2D eigenvalue weighted by Crippen LogP contribution is -2.39. The zero-order chi connectivity index (χ0) is 17.0. The van der Waals surface area contributed by atoms with Gasteiger partial charge in [0.1, 0.15) is 6.54 Å². The van der Waals surface area contributed by atoms with E-state index < -0.39 is 5.91 Å². The Morgan fingerprint density at radius 1 is 1.21 bits per heavy atom. The van der Waals surface area contributed by atoms with Gasteiger partial charge in [-0.1, -0.05) is 29.8 Å². The molecular weight excluding hydrogens is 328 g/mol. The maximum absolute atomic E-state index is 12.6. The number of hydrogen-bond acceptors (Lipinski definition) is 3. The van der Waals surface area contributed by atoms with Crippen LogP contribution >= 0.6 is 11.6 Å². The largest absolute Gasteiger partial charge is 0.323 e. The number of halogens is 1. The molecule has 1 saturated carbocycles. The average Bonchev–Trinajstić information content (AvgIpc) is 3.20. The van der Waals surface area contributed by atoms with Gasteiger partial charge >= 0.3 is 0 Å². The monoisotopic (exact) mass is 344 g/mol. The molecule has 2 bridgehead atoms. The van der Waals surface area contributed by atoms with Crippen LogP contribution in [0.3, 0.4) is 0 Å². The Labute approximate surface area is 144 Å². The first-order valence-electron chi connectivity index (χ1n) is 8.05. The minimum absolute atomic E-state index is 0.149. The van der Waals surface area contributed by atoms with Crippen LogP contribution in [0.5, 0.6) is 0 Å². The lowest BCUT2D eigenvalue weighted by atomic mass is 9.85. The summed E-state index contributed by atoms with van der Waals surface area (Å²) in [5.41, 5.74) is 1.46. The van der Waals surface area contributed by atoms with Gasteiger partial charge < -0.3 is 5.32 Å². The Kier molecular flexibility index (Phi) is 3.49. The molecule has 4 rings (SSSR count). The first-order valence-corrected chi connectivity index (χ1v) is 8.43. The van der Waals surface area contributed by atoms with E-state index in [1.807, 2.05) is 25.1 Å². The molecule has 24 heavy (non-hydrogen) atoms. The van der Waals surface area contributed by atoms with Crippen molar-refractivity contribution in [1.82, 2.24) is 4.90 Å². The van der Waals surface area contributed by atoms with Crippen molar-refractivity contribution >= 4 is 35.0 Å². The first kappa shape index (κ1) is 15.4. The van der Waals surface area contributed by atoms with Crippen LogP contribution in [0.25, 0.3) is 0 Å². The highest BCUT2D eigenvalue weighted by atomic mass is 35.5. The lowest BCUT2D eigenvalue weighted by molar-refractivity contribution is -0.143. The number of amides is 3. The Morgan fingerprint density at radius 3 is 2.42 bits per heavy atom. The van der Waals surface area contributed by atoms with Crippen molar-refractivity contribution in [2.75, 3.05) is 11.9 Å². The number of nitrogens with one attached hydrogen (secondary N) is 1. The summed E-state index contributed by atoms with van der Waals surface area (Å²) in [6.45, 7) is 1.65. The van der Waals surface area contributed by atoms with E-state index in [0.717, 1.165) is 16.9 Å². The highest BCUT2D eigenvalue weighted by Crippen LogP contribution is 2.52. The Balaban J connectivity index is 1.47. The predicted octanol–water partition coefficient (Wildman–Crippen LogP) is 2.39. The van der Waals surface area contributed by atoms with Crippen LogP contribution in [0, 0.1) is 30.6 Å².